The van der Waals surface area contributed by atoms with E-state index in [9.17, 15) is 9.59 Å². The van der Waals surface area contributed by atoms with Crippen LogP contribution in [0.4, 0.5) is 5.69 Å². The summed E-state index contributed by atoms with van der Waals surface area (Å²) in [7, 11) is 0. The lowest BCUT2D eigenvalue weighted by Crippen LogP contribution is -2.30. The minimum atomic E-state index is -0.0747. The molecule has 0 spiro atoms. The summed E-state index contributed by atoms with van der Waals surface area (Å²) >= 11 is 0. The second-order valence-corrected chi connectivity index (χ2v) is 7.19. The molecule has 1 N–H and O–H groups in total. The molecular weight excluding hydrogens is 328 g/mol. The van der Waals surface area contributed by atoms with Crippen LogP contribution in [0.2, 0.25) is 0 Å². The zero-order valence-electron chi connectivity index (χ0n) is 15.9. The molecule has 3 rings (SSSR count). The van der Waals surface area contributed by atoms with Crippen molar-refractivity contribution in [2.45, 2.75) is 40.7 Å². The van der Waals surface area contributed by atoms with Gasteiger partial charge in [0.05, 0.1) is 5.69 Å². The molecule has 0 bridgehead atoms. The Labute approximate surface area is 154 Å². The van der Waals surface area contributed by atoms with Crippen molar-refractivity contribution < 1.29 is 9.59 Å². The zero-order valence-corrected chi connectivity index (χ0v) is 15.9. The van der Waals surface area contributed by atoms with E-state index in [2.05, 4.69) is 23.4 Å². The number of amides is 2. The van der Waals surface area contributed by atoms with Crippen LogP contribution in [0.1, 0.15) is 41.2 Å². The van der Waals surface area contributed by atoms with Gasteiger partial charge in [-0.3, -0.25) is 14.3 Å². The summed E-state index contributed by atoms with van der Waals surface area (Å²) in [4.78, 5) is 25.9. The van der Waals surface area contributed by atoms with Gasteiger partial charge in [0.1, 0.15) is 0 Å². The average molecular weight is 354 g/mol. The monoisotopic (exact) mass is 354 g/mol. The number of hydrogen-bond acceptors (Lipinski definition) is 3. The Hall–Kier alpha value is -2.63. The standard InChI is InChI=1S/C20H26N4O2/c1-13(12-24-15(3)9-14(2)22-24)11-21-20(26)18-5-6-19-17(10-18)7-8-23(19)16(4)25/h5-6,9-10,13H,7-8,11-12H2,1-4H3,(H,21,26). The molecule has 0 radical (unpaired) electrons. The smallest absolute Gasteiger partial charge is 0.251 e. The molecule has 1 aliphatic rings. The highest BCUT2D eigenvalue weighted by Crippen LogP contribution is 2.28. The van der Waals surface area contributed by atoms with Gasteiger partial charge in [0.15, 0.2) is 0 Å². The van der Waals surface area contributed by atoms with Gasteiger partial charge in [0, 0.05) is 43.5 Å². The number of aryl methyl sites for hydroxylation is 2. The van der Waals surface area contributed by atoms with Crippen molar-refractivity contribution >= 4 is 17.5 Å². The SMILES string of the molecule is CC(=O)N1CCc2cc(C(=O)NCC(C)Cn3nc(C)cc3C)ccc21. The quantitative estimate of drug-likeness (QED) is 0.897. The van der Waals surface area contributed by atoms with Gasteiger partial charge in [-0.15, -0.1) is 0 Å². The van der Waals surface area contributed by atoms with E-state index in [1.807, 2.05) is 30.7 Å². The predicted molar refractivity (Wildman–Crippen MR) is 101 cm³/mol. The van der Waals surface area contributed by atoms with Gasteiger partial charge >= 0.3 is 0 Å². The second kappa shape index (κ2) is 7.32. The molecular formula is C20H26N4O2. The van der Waals surface area contributed by atoms with Gasteiger partial charge < -0.3 is 10.2 Å². The van der Waals surface area contributed by atoms with E-state index in [1.165, 1.54) is 0 Å². The molecule has 2 heterocycles. The van der Waals surface area contributed by atoms with Crippen molar-refractivity contribution in [2.24, 2.45) is 5.92 Å². The van der Waals surface area contributed by atoms with Crippen LogP contribution in [0.3, 0.4) is 0 Å². The summed E-state index contributed by atoms with van der Waals surface area (Å²) in [6.45, 7) is 9.75. The molecule has 0 saturated carbocycles. The fourth-order valence-corrected chi connectivity index (χ4v) is 3.46. The highest BCUT2D eigenvalue weighted by molar-refractivity contribution is 5.97. The topological polar surface area (TPSA) is 67.2 Å². The highest BCUT2D eigenvalue weighted by atomic mass is 16.2. The van der Waals surface area contributed by atoms with Gasteiger partial charge in [0.2, 0.25) is 5.91 Å². The van der Waals surface area contributed by atoms with E-state index in [4.69, 9.17) is 0 Å². The lowest BCUT2D eigenvalue weighted by Gasteiger charge is -2.16. The van der Waals surface area contributed by atoms with E-state index in [0.717, 1.165) is 35.6 Å². The highest BCUT2D eigenvalue weighted by Gasteiger charge is 2.23. The minimum Gasteiger partial charge on any atom is -0.352 e. The van der Waals surface area contributed by atoms with Crippen molar-refractivity contribution in [3.05, 3.63) is 46.8 Å². The Kier molecular flexibility index (Phi) is 5.11. The number of anilines is 1. The van der Waals surface area contributed by atoms with E-state index < -0.39 is 0 Å². The van der Waals surface area contributed by atoms with E-state index in [-0.39, 0.29) is 17.7 Å². The molecule has 0 saturated heterocycles. The van der Waals surface area contributed by atoms with Crippen molar-refractivity contribution in [3.63, 3.8) is 0 Å². The predicted octanol–water partition coefficient (Wildman–Crippen LogP) is 2.48. The molecule has 2 aromatic rings. The number of hydrogen-bond donors (Lipinski definition) is 1. The number of carbonyl (C=O) groups excluding carboxylic acids is 2. The van der Waals surface area contributed by atoms with E-state index in [0.29, 0.717) is 18.7 Å². The number of nitrogens with zero attached hydrogens (tertiary/aromatic N) is 3. The fourth-order valence-electron chi connectivity index (χ4n) is 3.46. The minimum absolute atomic E-state index is 0.0407. The van der Waals surface area contributed by atoms with Crippen molar-refractivity contribution in [3.8, 4) is 0 Å². The van der Waals surface area contributed by atoms with Crippen LogP contribution in [0, 0.1) is 19.8 Å². The second-order valence-electron chi connectivity index (χ2n) is 7.19. The zero-order chi connectivity index (χ0) is 18.8. The van der Waals surface area contributed by atoms with Crippen molar-refractivity contribution in [1.29, 1.82) is 0 Å². The van der Waals surface area contributed by atoms with Gasteiger partial charge in [-0.05, 0) is 56.0 Å². The largest absolute Gasteiger partial charge is 0.352 e. The van der Waals surface area contributed by atoms with Crippen molar-refractivity contribution in [1.82, 2.24) is 15.1 Å². The van der Waals surface area contributed by atoms with E-state index in [1.54, 1.807) is 17.9 Å². The van der Waals surface area contributed by atoms with Crippen LogP contribution >= 0.6 is 0 Å². The summed E-state index contributed by atoms with van der Waals surface area (Å²) in [6, 6.07) is 7.62. The maximum Gasteiger partial charge on any atom is 0.251 e. The first-order chi connectivity index (χ1) is 12.3. The van der Waals surface area contributed by atoms with Crippen molar-refractivity contribution in [2.75, 3.05) is 18.0 Å². The molecule has 1 unspecified atom stereocenters. The first kappa shape index (κ1) is 18.2. The number of fused-ring (bicyclic) bond motifs is 1. The molecule has 6 nitrogen and oxygen atoms in total. The van der Waals surface area contributed by atoms with Gasteiger partial charge in [-0.2, -0.15) is 5.10 Å². The molecule has 1 aromatic heterocycles. The molecule has 26 heavy (non-hydrogen) atoms. The molecule has 1 aliphatic heterocycles. The van der Waals surface area contributed by atoms with Crippen LogP contribution in [-0.2, 0) is 17.8 Å². The maximum atomic E-state index is 12.5. The Morgan fingerprint density at radius 3 is 2.69 bits per heavy atom. The third-order valence-corrected chi connectivity index (χ3v) is 4.82. The summed E-state index contributed by atoms with van der Waals surface area (Å²) in [6.07, 6.45) is 0.796. The summed E-state index contributed by atoms with van der Waals surface area (Å²) < 4.78 is 1.98. The van der Waals surface area contributed by atoms with E-state index >= 15 is 0 Å². The number of nitrogens with one attached hydrogen (secondary N) is 1. The van der Waals surface area contributed by atoms with Crippen LogP contribution < -0.4 is 10.2 Å². The summed E-state index contributed by atoms with van der Waals surface area (Å²) in [5, 5.41) is 7.48. The number of benzene rings is 1. The molecule has 2 amide bonds. The van der Waals surface area contributed by atoms with Gasteiger partial charge in [-0.25, -0.2) is 0 Å². The molecule has 138 valence electrons. The van der Waals surface area contributed by atoms with Crippen LogP contribution in [0.25, 0.3) is 0 Å². The third-order valence-electron chi connectivity index (χ3n) is 4.82. The first-order valence-electron chi connectivity index (χ1n) is 9.05. The summed E-state index contributed by atoms with van der Waals surface area (Å²) in [5.41, 5.74) is 4.77. The van der Waals surface area contributed by atoms with Crippen LogP contribution in [-0.4, -0.2) is 34.7 Å². The summed E-state index contributed by atoms with van der Waals surface area (Å²) in [5.74, 6) is 0.243. The first-order valence-corrected chi connectivity index (χ1v) is 9.05. The average Bonchev–Trinajstić information content (AvgIpc) is 3.15. The molecule has 1 aromatic carbocycles. The number of carbonyl (C=O) groups is 2. The van der Waals surface area contributed by atoms with Gasteiger partial charge in [0.25, 0.3) is 5.91 Å². The molecule has 0 fully saturated rings. The lowest BCUT2D eigenvalue weighted by molar-refractivity contribution is -0.116. The normalized spacial score (nSPS) is 14.2. The number of rotatable bonds is 5. The number of aromatic nitrogens is 2. The Bertz CT molecular complexity index is 840. The van der Waals surface area contributed by atoms with Crippen LogP contribution in [0.5, 0.6) is 0 Å². The van der Waals surface area contributed by atoms with Gasteiger partial charge in [-0.1, -0.05) is 6.92 Å². The Morgan fingerprint density at radius 2 is 2.04 bits per heavy atom. The molecule has 6 heteroatoms. The molecule has 0 aliphatic carbocycles. The Morgan fingerprint density at radius 1 is 1.27 bits per heavy atom. The third kappa shape index (κ3) is 3.79. The fraction of sp³-hybridized carbons (Fsp3) is 0.450. The lowest BCUT2D eigenvalue weighted by atomic mass is 10.1. The Balaban J connectivity index is 1.58. The maximum absolute atomic E-state index is 12.5. The molecule has 1 atom stereocenters. The van der Waals surface area contributed by atoms with Crippen LogP contribution in [0.15, 0.2) is 24.3 Å².